The zero-order valence-corrected chi connectivity index (χ0v) is 14.6. The minimum Gasteiger partial charge on any atom is -0.493 e. The largest absolute Gasteiger partial charge is 0.493 e. The number of carboxylic acid groups (broad SMARTS) is 2. The first-order chi connectivity index (χ1) is 12.5. The molecule has 1 aromatic carbocycles. The average Bonchev–Trinajstić information content (AvgIpc) is 2.64. The van der Waals surface area contributed by atoms with E-state index < -0.39 is 11.9 Å². The monoisotopic (exact) mass is 362 g/mol. The van der Waals surface area contributed by atoms with Crippen molar-refractivity contribution in [1.29, 1.82) is 0 Å². The number of rotatable bonds is 7. The number of hydrogen-bond donors (Lipinski definition) is 3. The summed E-state index contributed by atoms with van der Waals surface area (Å²) in [5.74, 6) is -2.09. The van der Waals surface area contributed by atoms with E-state index in [0.29, 0.717) is 6.61 Å². The zero-order chi connectivity index (χ0) is 19.4. The standard InChI is InChI=1S/C16H20N2O2.C2H2O4/c1-3-20-15-7-6-13(9-16(15)19-2)10-18-12-14-5-4-8-17-11-14;3-1(4)2(5)6/h4-9,11,18H,3,10,12H2,1-2H3;(H,3,4)(H,5,6). The summed E-state index contributed by atoms with van der Waals surface area (Å²) in [6, 6.07) is 9.99. The number of nitrogens with zero attached hydrogens (tertiary/aromatic N) is 1. The second-order valence-corrected chi connectivity index (χ2v) is 4.99. The molecular weight excluding hydrogens is 340 g/mol. The summed E-state index contributed by atoms with van der Waals surface area (Å²) in [6.45, 7) is 4.17. The molecule has 0 aliphatic rings. The van der Waals surface area contributed by atoms with Crippen molar-refractivity contribution in [2.75, 3.05) is 13.7 Å². The smallest absolute Gasteiger partial charge is 0.414 e. The summed E-state index contributed by atoms with van der Waals surface area (Å²) in [5, 5.41) is 18.2. The van der Waals surface area contributed by atoms with Crippen molar-refractivity contribution in [1.82, 2.24) is 10.3 Å². The number of nitrogens with one attached hydrogen (secondary N) is 1. The van der Waals surface area contributed by atoms with E-state index in [1.165, 1.54) is 5.56 Å². The maximum Gasteiger partial charge on any atom is 0.414 e. The summed E-state index contributed by atoms with van der Waals surface area (Å²) in [7, 11) is 1.66. The van der Waals surface area contributed by atoms with E-state index in [1.54, 1.807) is 13.3 Å². The molecule has 0 atom stereocenters. The lowest BCUT2D eigenvalue weighted by Crippen LogP contribution is -2.12. The molecule has 2 aromatic rings. The van der Waals surface area contributed by atoms with E-state index in [2.05, 4.69) is 16.4 Å². The van der Waals surface area contributed by atoms with Crippen LogP contribution in [0.3, 0.4) is 0 Å². The lowest BCUT2D eigenvalue weighted by atomic mass is 10.2. The molecular formula is C18H22N2O6. The third-order valence-corrected chi connectivity index (χ3v) is 3.09. The summed E-state index contributed by atoms with van der Waals surface area (Å²) in [6.07, 6.45) is 3.65. The van der Waals surface area contributed by atoms with Crippen LogP contribution in [-0.2, 0) is 22.7 Å². The average molecular weight is 362 g/mol. The van der Waals surface area contributed by atoms with Crippen LogP contribution in [0.2, 0.25) is 0 Å². The van der Waals surface area contributed by atoms with Crippen molar-refractivity contribution in [3.05, 3.63) is 53.9 Å². The van der Waals surface area contributed by atoms with Crippen molar-refractivity contribution < 1.29 is 29.3 Å². The lowest BCUT2D eigenvalue weighted by Gasteiger charge is -2.11. The highest BCUT2D eigenvalue weighted by Crippen LogP contribution is 2.27. The molecule has 2 rings (SSSR count). The Bertz CT molecular complexity index is 694. The number of hydrogen-bond acceptors (Lipinski definition) is 6. The molecule has 0 aliphatic carbocycles. The van der Waals surface area contributed by atoms with Gasteiger partial charge in [-0.15, -0.1) is 0 Å². The first-order valence-electron chi connectivity index (χ1n) is 7.83. The van der Waals surface area contributed by atoms with Gasteiger partial charge in [0.2, 0.25) is 0 Å². The Morgan fingerprint density at radius 1 is 1.08 bits per heavy atom. The van der Waals surface area contributed by atoms with E-state index in [9.17, 15) is 0 Å². The minimum atomic E-state index is -1.82. The first-order valence-corrected chi connectivity index (χ1v) is 7.83. The third-order valence-electron chi connectivity index (χ3n) is 3.09. The quantitative estimate of drug-likeness (QED) is 0.640. The van der Waals surface area contributed by atoms with Crippen molar-refractivity contribution in [3.8, 4) is 11.5 Å². The third kappa shape index (κ3) is 7.63. The fourth-order valence-electron chi connectivity index (χ4n) is 1.95. The predicted octanol–water partition coefficient (Wildman–Crippen LogP) is 1.93. The van der Waals surface area contributed by atoms with Crippen LogP contribution < -0.4 is 14.8 Å². The van der Waals surface area contributed by atoms with Crippen molar-refractivity contribution >= 4 is 11.9 Å². The second kappa shape index (κ2) is 11.4. The van der Waals surface area contributed by atoms with Gasteiger partial charge in [0.1, 0.15) is 0 Å². The van der Waals surface area contributed by atoms with Crippen LogP contribution in [0.15, 0.2) is 42.7 Å². The summed E-state index contributed by atoms with van der Waals surface area (Å²) >= 11 is 0. The van der Waals surface area contributed by atoms with Crippen LogP contribution in [0.25, 0.3) is 0 Å². The van der Waals surface area contributed by atoms with Gasteiger partial charge in [-0.1, -0.05) is 12.1 Å². The fourth-order valence-corrected chi connectivity index (χ4v) is 1.95. The SMILES string of the molecule is CCOc1ccc(CNCc2cccnc2)cc1OC.O=C(O)C(=O)O. The van der Waals surface area contributed by atoms with Crippen molar-refractivity contribution in [2.24, 2.45) is 0 Å². The maximum atomic E-state index is 9.10. The highest BCUT2D eigenvalue weighted by Gasteiger charge is 2.05. The lowest BCUT2D eigenvalue weighted by molar-refractivity contribution is -0.159. The molecule has 8 heteroatoms. The Labute approximate surface area is 151 Å². The molecule has 0 unspecified atom stereocenters. The Kier molecular flexibility index (Phi) is 9.19. The molecule has 140 valence electrons. The molecule has 26 heavy (non-hydrogen) atoms. The van der Waals surface area contributed by atoms with Gasteiger partial charge < -0.3 is 25.0 Å². The van der Waals surface area contributed by atoms with Gasteiger partial charge in [-0.2, -0.15) is 0 Å². The van der Waals surface area contributed by atoms with E-state index >= 15 is 0 Å². The number of carboxylic acids is 2. The van der Waals surface area contributed by atoms with Crippen LogP contribution in [0.4, 0.5) is 0 Å². The number of carbonyl (C=O) groups is 2. The van der Waals surface area contributed by atoms with Gasteiger partial charge in [0.25, 0.3) is 0 Å². The van der Waals surface area contributed by atoms with Crippen LogP contribution >= 0.6 is 0 Å². The molecule has 0 saturated carbocycles. The topological polar surface area (TPSA) is 118 Å². The number of benzene rings is 1. The van der Waals surface area contributed by atoms with Gasteiger partial charge in [0, 0.05) is 25.5 Å². The zero-order valence-electron chi connectivity index (χ0n) is 14.6. The predicted molar refractivity (Wildman–Crippen MR) is 94.2 cm³/mol. The second-order valence-electron chi connectivity index (χ2n) is 4.99. The Morgan fingerprint density at radius 2 is 1.77 bits per heavy atom. The fraction of sp³-hybridized carbons (Fsp3) is 0.278. The van der Waals surface area contributed by atoms with E-state index in [0.717, 1.165) is 30.2 Å². The Morgan fingerprint density at radius 3 is 2.31 bits per heavy atom. The van der Waals surface area contributed by atoms with Gasteiger partial charge in [0.05, 0.1) is 13.7 Å². The van der Waals surface area contributed by atoms with Crippen LogP contribution in [0.5, 0.6) is 11.5 Å². The summed E-state index contributed by atoms with van der Waals surface area (Å²) < 4.78 is 10.8. The van der Waals surface area contributed by atoms with Gasteiger partial charge in [-0.05, 0) is 36.2 Å². The Balaban J connectivity index is 0.000000487. The van der Waals surface area contributed by atoms with Crippen molar-refractivity contribution in [3.63, 3.8) is 0 Å². The summed E-state index contributed by atoms with van der Waals surface area (Å²) in [4.78, 5) is 22.3. The van der Waals surface area contributed by atoms with E-state index in [4.69, 9.17) is 29.3 Å². The molecule has 0 aliphatic heterocycles. The van der Waals surface area contributed by atoms with E-state index in [1.807, 2.05) is 37.4 Å². The normalized spacial score (nSPS) is 9.62. The number of aliphatic carboxylic acids is 2. The van der Waals surface area contributed by atoms with Gasteiger partial charge in [-0.3, -0.25) is 4.98 Å². The van der Waals surface area contributed by atoms with Crippen LogP contribution in [0, 0.1) is 0 Å². The van der Waals surface area contributed by atoms with E-state index in [-0.39, 0.29) is 0 Å². The number of pyridine rings is 1. The minimum absolute atomic E-state index is 0.634. The highest BCUT2D eigenvalue weighted by atomic mass is 16.5. The maximum absolute atomic E-state index is 9.10. The number of aromatic nitrogens is 1. The number of methoxy groups -OCH3 is 1. The highest BCUT2D eigenvalue weighted by molar-refractivity contribution is 6.27. The van der Waals surface area contributed by atoms with Gasteiger partial charge in [0.15, 0.2) is 11.5 Å². The van der Waals surface area contributed by atoms with Crippen LogP contribution in [-0.4, -0.2) is 40.9 Å². The molecule has 3 N–H and O–H groups in total. The summed E-state index contributed by atoms with van der Waals surface area (Å²) in [5.41, 5.74) is 2.33. The van der Waals surface area contributed by atoms with Crippen molar-refractivity contribution in [2.45, 2.75) is 20.0 Å². The van der Waals surface area contributed by atoms with Gasteiger partial charge in [-0.25, -0.2) is 9.59 Å². The molecule has 0 fully saturated rings. The van der Waals surface area contributed by atoms with Gasteiger partial charge >= 0.3 is 11.9 Å². The molecule has 0 bridgehead atoms. The molecule has 0 spiro atoms. The molecule has 0 radical (unpaired) electrons. The molecule has 8 nitrogen and oxygen atoms in total. The Hall–Kier alpha value is -3.13. The first kappa shape index (κ1) is 20.9. The molecule has 0 saturated heterocycles. The van der Waals surface area contributed by atoms with Crippen LogP contribution in [0.1, 0.15) is 18.1 Å². The molecule has 0 amide bonds. The number of ether oxygens (including phenoxy) is 2. The molecule has 1 aromatic heterocycles. The molecule has 1 heterocycles.